The third kappa shape index (κ3) is 7.40. The second kappa shape index (κ2) is 10.1. The summed E-state index contributed by atoms with van der Waals surface area (Å²) in [5.74, 6) is -1.14. The highest BCUT2D eigenvalue weighted by Crippen LogP contribution is 2.11. The smallest absolute Gasteiger partial charge is 0.333 e. The quantitative estimate of drug-likeness (QED) is 0.370. The van der Waals surface area contributed by atoms with Gasteiger partial charge in [-0.2, -0.15) is 0 Å². The van der Waals surface area contributed by atoms with E-state index in [1.54, 1.807) is 6.92 Å². The summed E-state index contributed by atoms with van der Waals surface area (Å²) in [6.07, 6.45) is 0.430. The average molecular weight is 329 g/mol. The molecule has 0 aliphatic carbocycles. The minimum absolute atomic E-state index is 0.100. The molecule has 0 saturated carbocycles. The van der Waals surface area contributed by atoms with E-state index in [4.69, 9.17) is 9.47 Å². The van der Waals surface area contributed by atoms with Crippen molar-refractivity contribution in [1.29, 1.82) is 0 Å². The van der Waals surface area contributed by atoms with Crippen LogP contribution in [0.15, 0.2) is 24.3 Å². The number of hydrogen-bond acceptors (Lipinski definition) is 7. The lowest BCUT2D eigenvalue weighted by Gasteiger charge is -2.34. The largest absolute Gasteiger partial charge is 0.461 e. The van der Waals surface area contributed by atoms with Crippen molar-refractivity contribution in [2.75, 3.05) is 26.4 Å². The first-order valence-corrected chi connectivity index (χ1v) is 7.36. The molecule has 0 rings (SSSR count). The molecule has 3 N–H and O–H groups in total. The number of hydrogen-bond donors (Lipinski definition) is 3. The fourth-order valence-corrected chi connectivity index (χ4v) is 1.63. The first-order valence-electron chi connectivity index (χ1n) is 7.36. The van der Waals surface area contributed by atoms with Gasteiger partial charge in [0.2, 0.25) is 0 Å². The monoisotopic (exact) mass is 329 g/mol. The zero-order chi connectivity index (χ0) is 18.0. The van der Waals surface area contributed by atoms with Gasteiger partial charge in [0.15, 0.2) is 0 Å². The van der Waals surface area contributed by atoms with Gasteiger partial charge in [-0.15, -0.1) is 0 Å². The molecule has 0 fully saturated rings. The molecule has 23 heavy (non-hydrogen) atoms. The highest BCUT2D eigenvalue weighted by molar-refractivity contribution is 5.87. The second-order valence-corrected chi connectivity index (χ2v) is 5.55. The van der Waals surface area contributed by atoms with Gasteiger partial charge in [-0.3, -0.25) is 5.32 Å². The van der Waals surface area contributed by atoms with Crippen molar-refractivity contribution in [3.05, 3.63) is 24.3 Å². The highest BCUT2D eigenvalue weighted by atomic mass is 16.5. The minimum atomic E-state index is -0.962. The van der Waals surface area contributed by atoms with Gasteiger partial charge < -0.3 is 19.7 Å². The summed E-state index contributed by atoms with van der Waals surface area (Å²) in [6, 6.07) is -0.596. The molecule has 0 radical (unpaired) electrons. The number of ether oxygens (including phenoxy) is 2. The Hall–Kier alpha value is -1.70. The number of aliphatic hydroxyl groups is 2. The van der Waals surface area contributed by atoms with Gasteiger partial charge in [0, 0.05) is 11.1 Å². The van der Waals surface area contributed by atoms with Crippen LogP contribution in [0.2, 0.25) is 0 Å². The van der Waals surface area contributed by atoms with Crippen LogP contribution in [0.5, 0.6) is 0 Å². The molecule has 0 aromatic rings. The minimum Gasteiger partial charge on any atom is -0.461 e. The second-order valence-electron chi connectivity index (χ2n) is 5.55. The first-order chi connectivity index (χ1) is 10.7. The maximum absolute atomic E-state index is 11.5. The molecular weight excluding hydrogens is 302 g/mol. The third-order valence-electron chi connectivity index (χ3n) is 3.32. The Labute approximate surface area is 137 Å². The molecule has 0 unspecified atom stereocenters. The van der Waals surface area contributed by atoms with E-state index in [-0.39, 0.29) is 37.6 Å². The van der Waals surface area contributed by atoms with Crippen LogP contribution in [0.3, 0.4) is 0 Å². The van der Waals surface area contributed by atoms with Crippen molar-refractivity contribution in [3.63, 3.8) is 0 Å². The summed E-state index contributed by atoms with van der Waals surface area (Å²) in [5, 5.41) is 22.0. The number of aliphatic hydroxyl groups excluding tert-OH is 2. The van der Waals surface area contributed by atoms with Gasteiger partial charge in [0.1, 0.15) is 13.2 Å². The normalized spacial score (nSPS) is 11.2. The van der Waals surface area contributed by atoms with Crippen LogP contribution < -0.4 is 5.32 Å². The SMILES string of the molecule is C=C(C)C(=O)OCC(COC(=O)C(=C)C)NC(CC)(CO)CO. The predicted molar refractivity (Wildman–Crippen MR) is 85.7 cm³/mol. The van der Waals surface area contributed by atoms with Crippen LogP contribution in [0.25, 0.3) is 0 Å². The van der Waals surface area contributed by atoms with Gasteiger partial charge >= 0.3 is 11.9 Å². The average Bonchev–Trinajstić information content (AvgIpc) is 2.53. The number of rotatable bonds is 11. The van der Waals surface area contributed by atoms with E-state index < -0.39 is 23.5 Å². The number of esters is 2. The summed E-state index contributed by atoms with van der Waals surface area (Å²) in [7, 11) is 0. The molecule has 132 valence electrons. The molecule has 7 heteroatoms. The lowest BCUT2D eigenvalue weighted by molar-refractivity contribution is -0.143. The van der Waals surface area contributed by atoms with Gasteiger partial charge in [0.05, 0.1) is 24.8 Å². The zero-order valence-corrected chi connectivity index (χ0v) is 14.1. The van der Waals surface area contributed by atoms with Crippen LogP contribution in [0, 0.1) is 0 Å². The Morgan fingerprint density at radius 3 is 1.70 bits per heavy atom. The van der Waals surface area contributed by atoms with Crippen LogP contribution in [-0.2, 0) is 19.1 Å². The van der Waals surface area contributed by atoms with Crippen LogP contribution >= 0.6 is 0 Å². The molecule has 0 aromatic heterocycles. The highest BCUT2D eigenvalue weighted by Gasteiger charge is 2.30. The van der Waals surface area contributed by atoms with Crippen LogP contribution in [0.4, 0.5) is 0 Å². The Bertz CT molecular complexity index is 404. The van der Waals surface area contributed by atoms with Crippen molar-refractivity contribution in [3.8, 4) is 0 Å². The van der Waals surface area contributed by atoms with Crippen molar-refractivity contribution >= 4 is 11.9 Å². The van der Waals surface area contributed by atoms with Gasteiger partial charge in [-0.25, -0.2) is 9.59 Å². The lowest BCUT2D eigenvalue weighted by atomic mass is 9.97. The third-order valence-corrected chi connectivity index (χ3v) is 3.32. The van der Waals surface area contributed by atoms with E-state index in [2.05, 4.69) is 18.5 Å². The summed E-state index contributed by atoms with van der Waals surface area (Å²) in [5.41, 5.74) is -0.474. The molecule has 0 atom stereocenters. The number of carbonyl (C=O) groups is 2. The number of carbonyl (C=O) groups excluding carboxylic acids is 2. The summed E-state index contributed by atoms with van der Waals surface area (Å²) < 4.78 is 10.1. The molecule has 0 bridgehead atoms. The first kappa shape index (κ1) is 21.3. The summed E-state index contributed by atoms with van der Waals surface area (Å²) in [4.78, 5) is 23.0. The summed E-state index contributed by atoms with van der Waals surface area (Å²) in [6.45, 7) is 10.9. The fraction of sp³-hybridized carbons (Fsp3) is 0.625. The Morgan fingerprint density at radius 1 is 1.04 bits per heavy atom. The lowest BCUT2D eigenvalue weighted by Crippen LogP contribution is -2.58. The maximum Gasteiger partial charge on any atom is 0.333 e. The van der Waals surface area contributed by atoms with Crippen molar-refractivity contribution in [2.24, 2.45) is 0 Å². The van der Waals surface area contributed by atoms with E-state index in [0.717, 1.165) is 0 Å². The molecule has 0 spiro atoms. The van der Waals surface area contributed by atoms with Crippen molar-refractivity contribution < 1.29 is 29.3 Å². The van der Waals surface area contributed by atoms with E-state index in [0.29, 0.717) is 6.42 Å². The number of nitrogens with one attached hydrogen (secondary N) is 1. The van der Waals surface area contributed by atoms with E-state index in [1.807, 2.05) is 0 Å². The molecular formula is C16H27NO6. The van der Waals surface area contributed by atoms with Gasteiger partial charge in [-0.05, 0) is 20.3 Å². The Kier molecular flexibility index (Phi) is 9.40. The van der Waals surface area contributed by atoms with E-state index in [9.17, 15) is 19.8 Å². The van der Waals surface area contributed by atoms with Crippen LogP contribution in [0.1, 0.15) is 27.2 Å². The topological polar surface area (TPSA) is 105 Å². The van der Waals surface area contributed by atoms with Crippen molar-refractivity contribution in [2.45, 2.75) is 38.8 Å². The Balaban J connectivity index is 4.90. The van der Waals surface area contributed by atoms with Gasteiger partial charge in [-0.1, -0.05) is 20.1 Å². The van der Waals surface area contributed by atoms with Crippen molar-refractivity contribution in [1.82, 2.24) is 5.32 Å². The molecule has 0 aromatic carbocycles. The summed E-state index contributed by atoms with van der Waals surface area (Å²) >= 11 is 0. The molecule has 0 saturated heterocycles. The molecule has 7 nitrogen and oxygen atoms in total. The molecule has 0 aliphatic rings. The van der Waals surface area contributed by atoms with Crippen LogP contribution in [-0.4, -0.2) is 60.2 Å². The molecule has 0 heterocycles. The Morgan fingerprint density at radius 2 is 1.43 bits per heavy atom. The van der Waals surface area contributed by atoms with E-state index in [1.165, 1.54) is 13.8 Å². The fourth-order valence-electron chi connectivity index (χ4n) is 1.63. The van der Waals surface area contributed by atoms with E-state index >= 15 is 0 Å². The predicted octanol–water partition coefficient (Wildman–Crippen LogP) is 0.317. The van der Waals surface area contributed by atoms with Gasteiger partial charge in [0.25, 0.3) is 0 Å². The standard InChI is InChI=1S/C16H27NO6/c1-6-16(9-18,10-19)17-13(7-22-14(20)11(2)3)8-23-15(21)12(4)5/h13,17-19H,2,4,6-10H2,1,3,5H3. The molecule has 0 aliphatic heterocycles. The molecule has 0 amide bonds. The zero-order valence-electron chi connectivity index (χ0n) is 14.1. The maximum atomic E-state index is 11.5.